The third-order valence-corrected chi connectivity index (χ3v) is 12.1. The van der Waals surface area contributed by atoms with E-state index in [-0.39, 0.29) is 42.4 Å². The Morgan fingerprint density at radius 2 is 0.694 bits per heavy atom. The van der Waals surface area contributed by atoms with Gasteiger partial charge in [0.25, 0.3) is 0 Å². The van der Waals surface area contributed by atoms with Crippen molar-refractivity contribution in [1.29, 1.82) is 0 Å². The van der Waals surface area contributed by atoms with E-state index in [0.29, 0.717) is 0 Å². The molecule has 0 radical (unpaired) electrons. The Kier molecular flexibility index (Phi) is 16.9. The zero-order valence-corrected chi connectivity index (χ0v) is 30.3. The number of halogens is 10. The number of hydrogen-bond acceptors (Lipinski definition) is 3. The standard InChI is InChI=1S/C24H18IO2.C10H8IS.2BF4/c1-3-7-21(8-4-1)26-23-15-11-19(12-16-23)25-20-13-17-24(18-14-20)27-22-9-5-2-6-10-22;1-2-5-9(6-3-1)11-10-7-4-8-12-10;2*2-1(3,4)5/h1-18H;1-8H;;/q2*+1;2*-1. The van der Waals surface area contributed by atoms with Crippen LogP contribution in [0.3, 0.4) is 0 Å². The maximum atomic E-state index is 9.75. The lowest BCUT2D eigenvalue weighted by atomic mass is 10.3. The molecule has 0 N–H and O–H groups in total. The Bertz CT molecular complexity index is 1630. The maximum Gasteiger partial charge on any atom is 0.673 e. The van der Waals surface area contributed by atoms with Gasteiger partial charge in [-0.25, -0.2) is 0 Å². The largest absolute Gasteiger partial charge is 0.673 e. The van der Waals surface area contributed by atoms with Gasteiger partial charge in [-0.1, -0.05) is 65.9 Å². The minimum Gasteiger partial charge on any atom is -0.457 e. The molecule has 2 nitrogen and oxygen atoms in total. The van der Waals surface area contributed by atoms with Crippen molar-refractivity contribution in [2.75, 3.05) is 0 Å². The van der Waals surface area contributed by atoms with Crippen LogP contribution in [0.4, 0.5) is 34.5 Å². The van der Waals surface area contributed by atoms with Gasteiger partial charge in [0, 0.05) is 6.07 Å². The quantitative estimate of drug-likeness (QED) is 0.108. The summed E-state index contributed by atoms with van der Waals surface area (Å²) in [7, 11) is -12.0. The van der Waals surface area contributed by atoms with Gasteiger partial charge in [0.15, 0.2) is 10.7 Å². The van der Waals surface area contributed by atoms with Crippen LogP contribution < -0.4 is 51.9 Å². The Hall–Kier alpha value is -3.57. The molecule has 0 saturated carbocycles. The van der Waals surface area contributed by atoms with Gasteiger partial charge in [0.1, 0.15) is 23.0 Å². The lowest BCUT2D eigenvalue weighted by Crippen LogP contribution is -3.61. The van der Waals surface area contributed by atoms with Crippen LogP contribution in [0.1, 0.15) is 0 Å². The van der Waals surface area contributed by atoms with E-state index in [1.54, 1.807) is 2.88 Å². The zero-order chi connectivity index (χ0) is 35.5. The zero-order valence-electron chi connectivity index (χ0n) is 25.2. The van der Waals surface area contributed by atoms with Crippen molar-refractivity contribution in [3.05, 3.63) is 171 Å². The molecule has 6 rings (SSSR count). The van der Waals surface area contributed by atoms with Crippen LogP contribution in [-0.4, -0.2) is 14.5 Å². The number of benzene rings is 5. The van der Waals surface area contributed by atoms with Crippen molar-refractivity contribution >= 4 is 25.8 Å². The average Bonchev–Trinajstić information content (AvgIpc) is 3.56. The second-order valence-electron chi connectivity index (χ2n) is 9.13. The van der Waals surface area contributed by atoms with Crippen LogP contribution in [0.15, 0.2) is 157 Å². The van der Waals surface area contributed by atoms with E-state index in [0.717, 1.165) is 23.0 Å². The van der Waals surface area contributed by atoms with Crippen molar-refractivity contribution in [3.8, 4) is 23.0 Å². The molecule has 5 aromatic carbocycles. The number of thiophene rings is 1. The lowest BCUT2D eigenvalue weighted by Gasteiger charge is -2.04. The van der Waals surface area contributed by atoms with Gasteiger partial charge in [-0.2, -0.15) is 0 Å². The molecular weight excluding hydrogens is 900 g/mol. The molecule has 256 valence electrons. The normalized spacial score (nSPS) is 10.6. The SMILES string of the molecule is F[B-](F)(F)F.F[B-](F)(F)F.c1ccc(Oc2ccc([I+]c3ccc(Oc4ccccc4)cc3)cc2)cc1.c1ccc([I+]c2cccs2)cc1. The van der Waals surface area contributed by atoms with Crippen LogP contribution in [-0.2, 0) is 0 Å². The summed E-state index contributed by atoms with van der Waals surface area (Å²) in [4.78, 5) is 0. The highest BCUT2D eigenvalue weighted by Gasteiger charge is 2.21. The Morgan fingerprint density at radius 1 is 0.367 bits per heavy atom. The fraction of sp³-hybridized carbons (Fsp3) is 0. The minimum atomic E-state index is -6.00. The molecule has 49 heavy (non-hydrogen) atoms. The smallest absolute Gasteiger partial charge is 0.457 e. The second kappa shape index (κ2) is 20.8. The van der Waals surface area contributed by atoms with Crippen LogP contribution in [0.25, 0.3) is 0 Å². The summed E-state index contributed by atoms with van der Waals surface area (Å²) in [5.74, 6) is 3.43. The third-order valence-electron chi connectivity index (χ3n) is 5.23. The molecule has 0 fully saturated rings. The Balaban J connectivity index is 0.000000242. The molecule has 0 amide bonds. The summed E-state index contributed by atoms with van der Waals surface area (Å²) in [5.41, 5.74) is 0. The molecular formula is C34H26B2F8I2O2S. The number of rotatable bonds is 8. The van der Waals surface area contributed by atoms with E-state index in [9.17, 15) is 34.5 Å². The summed E-state index contributed by atoms with van der Waals surface area (Å²) in [6.07, 6.45) is 0. The Labute approximate surface area is 303 Å². The van der Waals surface area contributed by atoms with Gasteiger partial charge in [-0.05, 0) is 96.4 Å². The van der Waals surface area contributed by atoms with Gasteiger partial charge in [-0.15, -0.1) is 0 Å². The Morgan fingerprint density at radius 3 is 1.04 bits per heavy atom. The molecule has 15 heteroatoms. The first-order valence-electron chi connectivity index (χ1n) is 14.1. The highest BCUT2D eigenvalue weighted by atomic mass is 127. The predicted octanol–water partition coefficient (Wildman–Crippen LogP) is 5.88. The molecule has 0 saturated heterocycles. The monoisotopic (exact) mass is 926 g/mol. The van der Waals surface area contributed by atoms with Gasteiger partial charge in [-0.3, -0.25) is 0 Å². The van der Waals surface area contributed by atoms with Crippen molar-refractivity contribution in [2.45, 2.75) is 0 Å². The molecule has 0 aliphatic carbocycles. The molecule has 0 unspecified atom stereocenters. The summed E-state index contributed by atoms with van der Waals surface area (Å²) >= 11 is 1.72. The van der Waals surface area contributed by atoms with Crippen LogP contribution in [0.2, 0.25) is 0 Å². The molecule has 1 heterocycles. The van der Waals surface area contributed by atoms with Crippen LogP contribution in [0, 0.1) is 13.6 Å². The lowest BCUT2D eigenvalue weighted by molar-refractivity contribution is -0.597. The van der Waals surface area contributed by atoms with Crippen molar-refractivity contribution in [2.24, 2.45) is 0 Å². The van der Waals surface area contributed by atoms with Gasteiger partial charge >= 0.3 is 56.9 Å². The second-order valence-corrected chi connectivity index (χ2v) is 16.8. The van der Waals surface area contributed by atoms with E-state index in [4.69, 9.17) is 9.47 Å². The van der Waals surface area contributed by atoms with Gasteiger partial charge in [0.05, 0.1) is 0 Å². The number of hydrogen-bond donors (Lipinski definition) is 0. The number of ether oxygens (including phenoxy) is 2. The molecule has 0 bridgehead atoms. The summed E-state index contributed by atoms with van der Waals surface area (Å²) in [5, 5.41) is 2.15. The molecule has 6 aromatic rings. The van der Waals surface area contributed by atoms with E-state index >= 15 is 0 Å². The molecule has 0 atom stereocenters. The van der Waals surface area contributed by atoms with Crippen molar-refractivity contribution in [1.82, 2.24) is 0 Å². The molecule has 0 aliphatic rings. The average molecular weight is 926 g/mol. The first-order valence-corrected chi connectivity index (χ1v) is 19.3. The predicted molar refractivity (Wildman–Crippen MR) is 172 cm³/mol. The fourth-order valence-corrected chi connectivity index (χ4v) is 9.25. The van der Waals surface area contributed by atoms with Gasteiger partial charge in [0.2, 0.25) is 2.88 Å². The summed E-state index contributed by atoms with van der Waals surface area (Å²) in [6.45, 7) is 0. The molecule has 0 spiro atoms. The fourth-order valence-electron chi connectivity index (χ4n) is 3.40. The van der Waals surface area contributed by atoms with Crippen LogP contribution in [0.5, 0.6) is 23.0 Å². The highest BCUT2D eigenvalue weighted by molar-refractivity contribution is 7.07. The summed E-state index contributed by atoms with van der Waals surface area (Å²) in [6, 6.07) is 51.5. The van der Waals surface area contributed by atoms with Gasteiger partial charge < -0.3 is 44.0 Å². The topological polar surface area (TPSA) is 18.5 Å². The van der Waals surface area contributed by atoms with E-state index in [1.165, 1.54) is 10.7 Å². The first kappa shape index (κ1) is 39.9. The van der Waals surface area contributed by atoms with E-state index < -0.39 is 14.5 Å². The maximum absolute atomic E-state index is 9.75. The van der Waals surface area contributed by atoms with Crippen LogP contribution >= 0.6 is 11.3 Å². The minimum absolute atomic E-state index is 0.0848. The summed E-state index contributed by atoms with van der Waals surface area (Å²) < 4.78 is 95.4. The van der Waals surface area contributed by atoms with E-state index in [1.807, 2.05) is 96.3 Å². The molecule has 1 aromatic heterocycles. The highest BCUT2D eigenvalue weighted by Crippen LogP contribution is 2.21. The third kappa shape index (κ3) is 19.9. The molecule has 0 aliphatic heterocycles. The first-order chi connectivity index (χ1) is 23.3. The van der Waals surface area contributed by atoms with Crippen molar-refractivity contribution < 1.29 is 86.4 Å². The van der Waals surface area contributed by atoms with E-state index in [2.05, 4.69) is 72.1 Å². The number of para-hydroxylation sites is 2. The van der Waals surface area contributed by atoms with Crippen molar-refractivity contribution in [3.63, 3.8) is 0 Å².